The highest BCUT2D eigenvalue weighted by Crippen LogP contribution is 2.11. The maximum absolute atomic E-state index is 13.3. The molecule has 3 N–H and O–H groups in total. The SMILES string of the molecule is CCC(N)(CC)CNC(=O)c1ccccc1F. The van der Waals surface area contributed by atoms with E-state index in [0.717, 1.165) is 12.8 Å². The Morgan fingerprint density at radius 2 is 1.94 bits per heavy atom. The van der Waals surface area contributed by atoms with Crippen LogP contribution in [0.4, 0.5) is 4.39 Å². The monoisotopic (exact) mass is 238 g/mol. The van der Waals surface area contributed by atoms with Crippen molar-refractivity contribution < 1.29 is 9.18 Å². The highest BCUT2D eigenvalue weighted by atomic mass is 19.1. The third kappa shape index (κ3) is 3.53. The van der Waals surface area contributed by atoms with Gasteiger partial charge in [0.2, 0.25) is 0 Å². The van der Waals surface area contributed by atoms with Gasteiger partial charge in [0.1, 0.15) is 5.82 Å². The van der Waals surface area contributed by atoms with E-state index >= 15 is 0 Å². The van der Waals surface area contributed by atoms with E-state index in [-0.39, 0.29) is 5.56 Å². The van der Waals surface area contributed by atoms with Crippen molar-refractivity contribution in [3.8, 4) is 0 Å². The molecule has 0 aliphatic heterocycles. The summed E-state index contributed by atoms with van der Waals surface area (Å²) in [6.07, 6.45) is 1.53. The van der Waals surface area contributed by atoms with Gasteiger partial charge in [-0.2, -0.15) is 0 Å². The van der Waals surface area contributed by atoms with E-state index in [4.69, 9.17) is 5.73 Å². The molecular formula is C13H19FN2O. The van der Waals surface area contributed by atoms with Crippen molar-refractivity contribution in [1.82, 2.24) is 5.32 Å². The first-order valence-electron chi connectivity index (χ1n) is 5.84. The second kappa shape index (κ2) is 5.77. The molecule has 0 radical (unpaired) electrons. The minimum Gasteiger partial charge on any atom is -0.350 e. The predicted octanol–water partition coefficient (Wildman–Crippen LogP) is 2.07. The lowest BCUT2D eigenvalue weighted by Crippen LogP contribution is -2.49. The Kier molecular flexibility index (Phi) is 4.63. The lowest BCUT2D eigenvalue weighted by Gasteiger charge is -2.26. The fourth-order valence-electron chi connectivity index (χ4n) is 1.50. The summed E-state index contributed by atoms with van der Waals surface area (Å²) in [5.74, 6) is -0.930. The van der Waals surface area contributed by atoms with Crippen molar-refractivity contribution in [3.63, 3.8) is 0 Å². The smallest absolute Gasteiger partial charge is 0.254 e. The van der Waals surface area contributed by atoms with Crippen LogP contribution >= 0.6 is 0 Å². The van der Waals surface area contributed by atoms with Crippen LogP contribution in [0.3, 0.4) is 0 Å². The third-order valence-corrected chi connectivity index (χ3v) is 3.13. The molecule has 3 nitrogen and oxygen atoms in total. The number of rotatable bonds is 5. The minimum atomic E-state index is -0.513. The summed E-state index contributed by atoms with van der Waals surface area (Å²) in [5.41, 5.74) is 5.69. The van der Waals surface area contributed by atoms with Gasteiger partial charge in [-0.25, -0.2) is 4.39 Å². The Morgan fingerprint density at radius 3 is 2.47 bits per heavy atom. The number of nitrogens with one attached hydrogen (secondary N) is 1. The van der Waals surface area contributed by atoms with Gasteiger partial charge in [0, 0.05) is 12.1 Å². The van der Waals surface area contributed by atoms with Crippen molar-refractivity contribution >= 4 is 5.91 Å². The largest absolute Gasteiger partial charge is 0.350 e. The molecule has 1 rings (SSSR count). The number of amides is 1. The summed E-state index contributed by atoms with van der Waals surface area (Å²) in [6, 6.07) is 5.91. The van der Waals surface area contributed by atoms with Crippen LogP contribution in [-0.2, 0) is 0 Å². The summed E-state index contributed by atoms with van der Waals surface area (Å²) in [6.45, 7) is 4.30. The second-order valence-corrected chi connectivity index (χ2v) is 4.23. The van der Waals surface area contributed by atoms with Gasteiger partial charge >= 0.3 is 0 Å². The highest BCUT2D eigenvalue weighted by Gasteiger charge is 2.21. The van der Waals surface area contributed by atoms with Crippen molar-refractivity contribution in [2.45, 2.75) is 32.2 Å². The molecule has 1 aromatic rings. The van der Waals surface area contributed by atoms with E-state index < -0.39 is 17.3 Å². The number of carbonyl (C=O) groups is 1. The van der Waals surface area contributed by atoms with Crippen LogP contribution < -0.4 is 11.1 Å². The standard InChI is InChI=1S/C13H19FN2O/c1-3-13(15,4-2)9-16-12(17)10-7-5-6-8-11(10)14/h5-8H,3-4,9,15H2,1-2H3,(H,16,17). The lowest BCUT2D eigenvalue weighted by molar-refractivity contribution is 0.0938. The first-order valence-corrected chi connectivity index (χ1v) is 5.84. The molecule has 0 aliphatic carbocycles. The first kappa shape index (κ1) is 13.6. The zero-order valence-electron chi connectivity index (χ0n) is 10.3. The van der Waals surface area contributed by atoms with Crippen LogP contribution in [0, 0.1) is 5.82 Å². The van der Waals surface area contributed by atoms with Gasteiger partial charge in [-0.3, -0.25) is 4.79 Å². The van der Waals surface area contributed by atoms with E-state index in [9.17, 15) is 9.18 Å². The van der Waals surface area contributed by atoms with Crippen LogP contribution in [0.1, 0.15) is 37.0 Å². The molecule has 0 bridgehead atoms. The van der Waals surface area contributed by atoms with E-state index in [1.807, 2.05) is 13.8 Å². The summed E-state index contributed by atoms with van der Waals surface area (Å²) >= 11 is 0. The van der Waals surface area contributed by atoms with Crippen molar-refractivity contribution in [3.05, 3.63) is 35.6 Å². The quantitative estimate of drug-likeness (QED) is 0.825. The van der Waals surface area contributed by atoms with Crippen LogP contribution in [0.2, 0.25) is 0 Å². The molecule has 1 aromatic carbocycles. The molecule has 94 valence electrons. The second-order valence-electron chi connectivity index (χ2n) is 4.23. The third-order valence-electron chi connectivity index (χ3n) is 3.13. The van der Waals surface area contributed by atoms with Gasteiger partial charge in [-0.1, -0.05) is 26.0 Å². The van der Waals surface area contributed by atoms with E-state index in [2.05, 4.69) is 5.32 Å². The average Bonchev–Trinajstić information content (AvgIpc) is 2.36. The zero-order valence-corrected chi connectivity index (χ0v) is 10.3. The first-order chi connectivity index (χ1) is 8.02. The van der Waals surface area contributed by atoms with Gasteiger partial charge in [0.25, 0.3) is 5.91 Å². The number of halogens is 1. The lowest BCUT2D eigenvalue weighted by atomic mass is 9.94. The summed E-state index contributed by atoms with van der Waals surface area (Å²) in [5, 5.41) is 2.68. The Balaban J connectivity index is 2.65. The Bertz CT molecular complexity index is 389. The molecule has 4 heteroatoms. The zero-order chi connectivity index (χ0) is 12.9. The fraction of sp³-hybridized carbons (Fsp3) is 0.462. The molecule has 0 heterocycles. The van der Waals surface area contributed by atoms with Gasteiger partial charge in [-0.15, -0.1) is 0 Å². The topological polar surface area (TPSA) is 55.1 Å². The number of benzene rings is 1. The number of hydrogen-bond donors (Lipinski definition) is 2. The summed E-state index contributed by atoms with van der Waals surface area (Å²) in [7, 11) is 0. The van der Waals surface area contributed by atoms with Crippen molar-refractivity contribution in [2.75, 3.05) is 6.54 Å². The van der Waals surface area contributed by atoms with E-state index in [1.165, 1.54) is 12.1 Å². The fourth-order valence-corrected chi connectivity index (χ4v) is 1.50. The maximum atomic E-state index is 13.3. The van der Waals surface area contributed by atoms with Gasteiger partial charge in [-0.05, 0) is 25.0 Å². The molecular weight excluding hydrogens is 219 g/mol. The highest BCUT2D eigenvalue weighted by molar-refractivity contribution is 5.94. The summed E-state index contributed by atoms with van der Waals surface area (Å²) in [4.78, 5) is 11.7. The van der Waals surface area contributed by atoms with Crippen molar-refractivity contribution in [1.29, 1.82) is 0 Å². The van der Waals surface area contributed by atoms with E-state index in [0.29, 0.717) is 6.54 Å². The van der Waals surface area contributed by atoms with Gasteiger partial charge in [0.05, 0.1) is 5.56 Å². The van der Waals surface area contributed by atoms with Gasteiger partial charge in [0.15, 0.2) is 0 Å². The minimum absolute atomic E-state index is 0.0575. The molecule has 0 atom stereocenters. The van der Waals surface area contributed by atoms with Gasteiger partial charge < -0.3 is 11.1 Å². The van der Waals surface area contributed by atoms with Crippen LogP contribution in [0.25, 0.3) is 0 Å². The number of nitrogens with two attached hydrogens (primary N) is 1. The Labute approximate surface area is 101 Å². The molecule has 0 aromatic heterocycles. The van der Waals surface area contributed by atoms with Crippen LogP contribution in [0.15, 0.2) is 24.3 Å². The maximum Gasteiger partial charge on any atom is 0.254 e. The van der Waals surface area contributed by atoms with Crippen molar-refractivity contribution in [2.24, 2.45) is 5.73 Å². The van der Waals surface area contributed by atoms with E-state index in [1.54, 1.807) is 12.1 Å². The molecule has 0 spiro atoms. The molecule has 1 amide bonds. The van der Waals surface area contributed by atoms with Crippen LogP contribution in [0.5, 0.6) is 0 Å². The molecule has 17 heavy (non-hydrogen) atoms. The molecule has 0 aliphatic rings. The normalized spacial score (nSPS) is 11.3. The summed E-state index contributed by atoms with van der Waals surface area (Å²) < 4.78 is 13.3. The molecule has 0 fully saturated rings. The predicted molar refractivity (Wildman–Crippen MR) is 66.2 cm³/mol. The Morgan fingerprint density at radius 1 is 1.35 bits per heavy atom. The number of carbonyl (C=O) groups excluding carboxylic acids is 1. The number of hydrogen-bond acceptors (Lipinski definition) is 2. The van der Waals surface area contributed by atoms with Crippen LogP contribution in [-0.4, -0.2) is 18.0 Å². The molecule has 0 unspecified atom stereocenters. The average molecular weight is 238 g/mol. The molecule has 0 saturated carbocycles. The Hall–Kier alpha value is -1.42. The molecule has 0 saturated heterocycles.